The first-order chi connectivity index (χ1) is 12.6. The monoisotopic (exact) mass is 389 g/mol. The van der Waals surface area contributed by atoms with Crippen molar-refractivity contribution in [2.24, 2.45) is 11.8 Å². The molecule has 2 bridgehead atoms. The van der Waals surface area contributed by atoms with Crippen molar-refractivity contribution in [3.8, 4) is 5.88 Å². The predicted molar refractivity (Wildman–Crippen MR) is 104 cm³/mol. The maximum Gasteiger partial charge on any atom is 0.252 e. The first kappa shape index (κ1) is 17.4. The van der Waals surface area contributed by atoms with Gasteiger partial charge in [-0.05, 0) is 36.8 Å². The molecular formula is C19H20ClN3O2S. The molecule has 7 heteroatoms. The smallest absolute Gasteiger partial charge is 0.252 e. The molecule has 3 atom stereocenters. The maximum atomic E-state index is 12.2. The third-order valence-electron chi connectivity index (χ3n) is 5.02. The zero-order valence-corrected chi connectivity index (χ0v) is 15.7. The van der Waals surface area contributed by atoms with Crippen molar-refractivity contribution >= 4 is 34.0 Å². The zero-order chi connectivity index (χ0) is 18.1. The van der Waals surface area contributed by atoms with Gasteiger partial charge in [0, 0.05) is 19.0 Å². The van der Waals surface area contributed by atoms with E-state index in [2.05, 4.69) is 27.8 Å². The summed E-state index contributed by atoms with van der Waals surface area (Å²) in [5.74, 6) is 1.09. The number of thiazole rings is 1. The van der Waals surface area contributed by atoms with Gasteiger partial charge in [0.05, 0.1) is 15.5 Å². The standard InChI is InChI=1S/C19H20ClN3O2S/c20-14-4-2-1-3-13(14)17(24)21-8-7-16-18(25)23-19(26-16)22-15-10-11-5-6-12(15)9-11/h1-6,11-12,15,25H,7-10H2,(H,21,24)(H,22,23). The molecule has 5 nitrogen and oxygen atoms in total. The molecule has 3 N–H and O–H groups in total. The summed E-state index contributed by atoms with van der Waals surface area (Å²) in [4.78, 5) is 17.2. The maximum absolute atomic E-state index is 12.2. The van der Waals surface area contributed by atoms with E-state index in [9.17, 15) is 9.90 Å². The molecule has 0 radical (unpaired) electrons. The molecule has 1 aromatic heterocycles. The predicted octanol–water partition coefficient (Wildman–Crippen LogP) is 3.85. The van der Waals surface area contributed by atoms with Crippen LogP contribution in [0.25, 0.3) is 0 Å². The van der Waals surface area contributed by atoms with Crippen LogP contribution in [0.1, 0.15) is 28.1 Å². The molecule has 1 aromatic carbocycles. The number of rotatable bonds is 6. The fraction of sp³-hybridized carbons (Fsp3) is 0.368. The number of nitrogens with one attached hydrogen (secondary N) is 2. The Morgan fingerprint density at radius 1 is 1.31 bits per heavy atom. The summed E-state index contributed by atoms with van der Waals surface area (Å²) in [7, 11) is 0. The summed E-state index contributed by atoms with van der Waals surface area (Å²) in [6.07, 6.45) is 7.46. The van der Waals surface area contributed by atoms with Crippen molar-refractivity contribution < 1.29 is 9.90 Å². The van der Waals surface area contributed by atoms with Crippen LogP contribution in [0.4, 0.5) is 5.13 Å². The number of allylic oxidation sites excluding steroid dienone is 1. The largest absolute Gasteiger partial charge is 0.492 e. The molecule has 2 aliphatic carbocycles. The van der Waals surface area contributed by atoms with E-state index in [1.807, 2.05) is 0 Å². The molecule has 1 amide bonds. The van der Waals surface area contributed by atoms with Gasteiger partial charge in [-0.15, -0.1) is 0 Å². The Kier molecular flexibility index (Phi) is 4.87. The molecule has 1 fully saturated rings. The van der Waals surface area contributed by atoms with Crippen molar-refractivity contribution in [2.75, 3.05) is 11.9 Å². The Balaban J connectivity index is 1.31. The minimum atomic E-state index is -0.216. The van der Waals surface area contributed by atoms with Crippen LogP contribution in [-0.4, -0.2) is 28.6 Å². The van der Waals surface area contributed by atoms with E-state index < -0.39 is 0 Å². The number of hydrogen-bond acceptors (Lipinski definition) is 5. The average molecular weight is 390 g/mol. The van der Waals surface area contributed by atoms with E-state index in [0.717, 1.165) is 16.4 Å². The zero-order valence-electron chi connectivity index (χ0n) is 14.1. The van der Waals surface area contributed by atoms with Gasteiger partial charge in [-0.2, -0.15) is 4.98 Å². The highest BCUT2D eigenvalue weighted by atomic mass is 35.5. The first-order valence-corrected chi connectivity index (χ1v) is 9.96. The van der Waals surface area contributed by atoms with E-state index in [1.54, 1.807) is 24.3 Å². The van der Waals surface area contributed by atoms with Crippen LogP contribution in [0, 0.1) is 11.8 Å². The second kappa shape index (κ2) is 7.29. The van der Waals surface area contributed by atoms with E-state index in [-0.39, 0.29) is 11.8 Å². The van der Waals surface area contributed by atoms with Gasteiger partial charge in [0.15, 0.2) is 5.13 Å². The topological polar surface area (TPSA) is 74.2 Å². The normalized spacial score (nSPS) is 23.3. The summed E-state index contributed by atoms with van der Waals surface area (Å²) >= 11 is 7.48. The summed E-state index contributed by atoms with van der Waals surface area (Å²) in [5.41, 5.74) is 0.453. The van der Waals surface area contributed by atoms with Crippen LogP contribution in [0.3, 0.4) is 0 Å². The third-order valence-corrected chi connectivity index (χ3v) is 6.39. The van der Waals surface area contributed by atoms with Gasteiger partial charge in [-0.25, -0.2) is 0 Å². The number of amides is 1. The van der Waals surface area contributed by atoms with E-state index >= 15 is 0 Å². The molecule has 0 aliphatic heterocycles. The quantitative estimate of drug-likeness (QED) is 0.656. The molecule has 136 valence electrons. The Hall–Kier alpha value is -2.05. The average Bonchev–Trinajstić information content (AvgIpc) is 3.32. The number of aromatic nitrogens is 1. The second-order valence-corrected chi connectivity index (χ2v) is 8.27. The number of carbonyl (C=O) groups excluding carboxylic acids is 1. The van der Waals surface area contributed by atoms with Crippen molar-refractivity contribution in [1.29, 1.82) is 0 Å². The lowest BCUT2D eigenvalue weighted by molar-refractivity contribution is 0.0954. The third kappa shape index (κ3) is 3.57. The minimum Gasteiger partial charge on any atom is -0.492 e. The van der Waals surface area contributed by atoms with E-state index in [4.69, 9.17) is 11.6 Å². The van der Waals surface area contributed by atoms with Gasteiger partial charge >= 0.3 is 0 Å². The van der Waals surface area contributed by atoms with Gasteiger partial charge in [-0.3, -0.25) is 4.79 Å². The Morgan fingerprint density at radius 3 is 2.88 bits per heavy atom. The van der Waals surface area contributed by atoms with Crippen LogP contribution in [0.2, 0.25) is 5.02 Å². The van der Waals surface area contributed by atoms with Crippen LogP contribution in [0.15, 0.2) is 36.4 Å². The number of fused-ring (bicyclic) bond motifs is 2. The van der Waals surface area contributed by atoms with Crippen molar-refractivity contribution in [1.82, 2.24) is 10.3 Å². The number of aromatic hydroxyl groups is 1. The van der Waals surface area contributed by atoms with Gasteiger partial charge in [-0.1, -0.05) is 47.2 Å². The van der Waals surface area contributed by atoms with E-state index in [0.29, 0.717) is 41.4 Å². The molecular weight excluding hydrogens is 370 g/mol. The SMILES string of the molecule is O=C(NCCc1sc(NC2CC3C=CC2C3)nc1O)c1ccccc1Cl. The minimum absolute atomic E-state index is 0.0446. The second-order valence-electron chi connectivity index (χ2n) is 6.78. The number of nitrogens with zero attached hydrogens (tertiary/aromatic N) is 1. The highest BCUT2D eigenvalue weighted by molar-refractivity contribution is 7.15. The van der Waals surface area contributed by atoms with Crippen LogP contribution in [0.5, 0.6) is 5.88 Å². The van der Waals surface area contributed by atoms with Gasteiger partial charge in [0.25, 0.3) is 5.91 Å². The molecule has 0 spiro atoms. The molecule has 2 aromatic rings. The van der Waals surface area contributed by atoms with Gasteiger partial charge in [0.1, 0.15) is 0 Å². The first-order valence-electron chi connectivity index (χ1n) is 8.76. The Bertz CT molecular complexity index is 851. The van der Waals surface area contributed by atoms with Crippen molar-refractivity contribution in [3.05, 3.63) is 51.9 Å². The molecule has 1 heterocycles. The summed E-state index contributed by atoms with van der Waals surface area (Å²) in [5, 5.41) is 17.5. The summed E-state index contributed by atoms with van der Waals surface area (Å²) in [6.45, 7) is 0.413. The fourth-order valence-electron chi connectivity index (χ4n) is 3.70. The van der Waals surface area contributed by atoms with Crippen LogP contribution >= 0.6 is 22.9 Å². The number of halogens is 1. The Labute approximate surface area is 161 Å². The number of benzene rings is 1. The van der Waals surface area contributed by atoms with Gasteiger partial charge < -0.3 is 15.7 Å². The number of hydrogen-bond donors (Lipinski definition) is 3. The summed E-state index contributed by atoms with van der Waals surface area (Å²) < 4.78 is 0. The lowest BCUT2D eigenvalue weighted by Crippen LogP contribution is -2.25. The molecule has 3 unspecified atom stereocenters. The van der Waals surface area contributed by atoms with Crippen molar-refractivity contribution in [3.63, 3.8) is 0 Å². The fourth-order valence-corrected chi connectivity index (χ4v) is 4.84. The summed E-state index contributed by atoms with van der Waals surface area (Å²) in [6, 6.07) is 7.35. The Morgan fingerprint density at radius 2 is 2.15 bits per heavy atom. The van der Waals surface area contributed by atoms with E-state index in [1.165, 1.54) is 17.8 Å². The van der Waals surface area contributed by atoms with Crippen LogP contribution < -0.4 is 10.6 Å². The highest BCUT2D eigenvalue weighted by Gasteiger charge is 2.36. The number of carbonyl (C=O) groups is 1. The molecule has 0 saturated heterocycles. The molecule has 2 aliphatic rings. The number of anilines is 1. The lowest BCUT2D eigenvalue weighted by atomic mass is 10.0. The lowest BCUT2D eigenvalue weighted by Gasteiger charge is -2.18. The van der Waals surface area contributed by atoms with Crippen LogP contribution in [-0.2, 0) is 6.42 Å². The highest BCUT2D eigenvalue weighted by Crippen LogP contribution is 2.41. The molecule has 1 saturated carbocycles. The van der Waals surface area contributed by atoms with Crippen molar-refractivity contribution in [2.45, 2.75) is 25.3 Å². The molecule has 26 heavy (non-hydrogen) atoms. The van der Waals surface area contributed by atoms with Gasteiger partial charge in [0.2, 0.25) is 5.88 Å². The molecule has 4 rings (SSSR count).